The Balaban J connectivity index is 1.38. The Labute approximate surface area is 277 Å². The van der Waals surface area contributed by atoms with Crippen molar-refractivity contribution >= 4 is 40.6 Å². The Morgan fingerprint density at radius 1 is 0.978 bits per heavy atom. The first kappa shape index (κ1) is 32.2. The summed E-state index contributed by atoms with van der Waals surface area (Å²) in [6.45, 7) is 4.69. The number of pyridine rings is 1. The average molecular weight is 666 g/mol. The lowest BCUT2D eigenvalue weighted by Crippen LogP contribution is -2.35. The summed E-state index contributed by atoms with van der Waals surface area (Å²) >= 11 is 12.0. The maximum Gasteiger partial charge on any atom is 0.254 e. The van der Waals surface area contributed by atoms with Gasteiger partial charge in [-0.15, -0.1) is 0 Å². The van der Waals surface area contributed by atoms with Crippen LogP contribution < -0.4 is 19.5 Å². The molecule has 1 saturated heterocycles. The van der Waals surface area contributed by atoms with E-state index in [1.165, 1.54) is 0 Å². The fraction of sp³-hybridized carbons (Fsp3) is 0.353. The zero-order valence-electron chi connectivity index (χ0n) is 25.8. The van der Waals surface area contributed by atoms with Gasteiger partial charge >= 0.3 is 0 Å². The van der Waals surface area contributed by atoms with Crippen molar-refractivity contribution in [3.63, 3.8) is 0 Å². The number of hydrogen-bond acceptors (Lipinski definition) is 9. The van der Waals surface area contributed by atoms with Crippen molar-refractivity contribution in [2.24, 2.45) is 0 Å². The number of nitrogens with zero attached hydrogens (tertiary/aromatic N) is 2. The van der Waals surface area contributed by atoms with Crippen LogP contribution in [0, 0.1) is 4.51 Å². The van der Waals surface area contributed by atoms with Crippen LogP contribution in [0.3, 0.4) is 0 Å². The summed E-state index contributed by atoms with van der Waals surface area (Å²) in [5.41, 5.74) is 4.09. The van der Waals surface area contributed by atoms with Crippen LogP contribution in [0.15, 0.2) is 60.8 Å². The highest BCUT2D eigenvalue weighted by Crippen LogP contribution is 2.40. The molecular formula is C34H36ClN3O7S. The van der Waals surface area contributed by atoms with Gasteiger partial charge in [0.25, 0.3) is 5.91 Å². The first-order valence-electron chi connectivity index (χ1n) is 15.0. The summed E-state index contributed by atoms with van der Waals surface area (Å²) < 4.78 is 36.6. The van der Waals surface area contributed by atoms with Gasteiger partial charge in [0.2, 0.25) is 0 Å². The zero-order valence-corrected chi connectivity index (χ0v) is 27.3. The van der Waals surface area contributed by atoms with Gasteiger partial charge in [0.15, 0.2) is 13.6 Å². The molecule has 6 rings (SSSR count). The van der Waals surface area contributed by atoms with E-state index in [0.717, 1.165) is 40.7 Å². The minimum absolute atomic E-state index is 0.0799. The lowest BCUT2D eigenvalue weighted by Gasteiger charge is -2.31. The Hall–Kier alpha value is -3.71. The molecule has 1 unspecified atom stereocenters. The predicted molar refractivity (Wildman–Crippen MR) is 176 cm³/mol. The van der Waals surface area contributed by atoms with Crippen LogP contribution in [0.25, 0.3) is 10.9 Å². The van der Waals surface area contributed by atoms with Gasteiger partial charge in [-0.1, -0.05) is 36.0 Å². The van der Waals surface area contributed by atoms with Gasteiger partial charge in [0, 0.05) is 68.6 Å². The van der Waals surface area contributed by atoms with Crippen molar-refractivity contribution < 1.29 is 33.2 Å². The first-order valence-corrected chi connectivity index (χ1v) is 15.8. The number of halogens is 1. The SMILES string of the molecule is COCOc1cc(OCOC)cc(C2Cn3cc(C(=O)NCc4ccc(Cl)cc4)c(=S)c4cc(CN5CCOCC5)cc(c43)O2)c1. The molecule has 0 aliphatic carbocycles. The van der Waals surface area contributed by atoms with Crippen molar-refractivity contribution in [1.29, 1.82) is 0 Å². The topological polar surface area (TPSA) is 92.7 Å². The molecular weight excluding hydrogens is 630 g/mol. The van der Waals surface area contributed by atoms with Gasteiger partial charge in [-0.05, 0) is 47.5 Å². The quantitative estimate of drug-likeness (QED) is 0.147. The van der Waals surface area contributed by atoms with Crippen LogP contribution >= 0.6 is 23.8 Å². The fourth-order valence-corrected chi connectivity index (χ4v) is 6.11. The molecule has 2 aliphatic heterocycles. The van der Waals surface area contributed by atoms with E-state index >= 15 is 0 Å². The molecule has 0 spiro atoms. The standard InChI is InChI=1S/C34H36ClN3O7S/c1-40-20-43-26-13-24(14-27(15-26)44-21-41-2)31-19-38-18-29(34(39)36-16-22-3-5-25(35)6-4-22)33(46)28-11-23(12-30(45-31)32(28)38)17-37-7-9-42-10-8-37/h3-6,11-15,18,31H,7-10,16-17,19-21H2,1-2H3,(H,36,39). The Kier molecular flexibility index (Phi) is 10.4. The van der Waals surface area contributed by atoms with E-state index < -0.39 is 6.10 Å². The third-order valence-electron chi connectivity index (χ3n) is 7.91. The number of rotatable bonds is 12. The molecule has 0 saturated carbocycles. The number of ether oxygens (including phenoxy) is 6. The van der Waals surface area contributed by atoms with Crippen LogP contribution in [0.1, 0.15) is 33.2 Å². The van der Waals surface area contributed by atoms with Crippen molar-refractivity contribution in [3.05, 3.63) is 92.6 Å². The number of hydrogen-bond donors (Lipinski definition) is 1. The van der Waals surface area contributed by atoms with E-state index in [1.54, 1.807) is 32.4 Å². The van der Waals surface area contributed by atoms with E-state index in [2.05, 4.69) is 26.9 Å². The van der Waals surface area contributed by atoms with Gasteiger partial charge in [-0.25, -0.2) is 0 Å². The molecule has 242 valence electrons. The van der Waals surface area contributed by atoms with Crippen molar-refractivity contribution in [1.82, 2.24) is 14.8 Å². The number of carbonyl (C=O) groups is 1. The maximum absolute atomic E-state index is 13.6. The van der Waals surface area contributed by atoms with Crippen molar-refractivity contribution in [2.45, 2.75) is 25.7 Å². The van der Waals surface area contributed by atoms with E-state index in [9.17, 15) is 4.79 Å². The molecule has 46 heavy (non-hydrogen) atoms. The minimum Gasteiger partial charge on any atom is -0.482 e. The van der Waals surface area contributed by atoms with E-state index in [1.807, 2.05) is 30.5 Å². The highest BCUT2D eigenvalue weighted by molar-refractivity contribution is 7.71. The van der Waals surface area contributed by atoms with Gasteiger partial charge < -0.3 is 38.3 Å². The predicted octanol–water partition coefficient (Wildman–Crippen LogP) is 5.89. The second-order valence-electron chi connectivity index (χ2n) is 11.2. The van der Waals surface area contributed by atoms with Crippen molar-refractivity contribution in [3.8, 4) is 17.2 Å². The first-order chi connectivity index (χ1) is 22.4. The second-order valence-corrected chi connectivity index (χ2v) is 12.0. The third-order valence-corrected chi connectivity index (χ3v) is 8.60. The molecule has 4 aromatic rings. The summed E-state index contributed by atoms with van der Waals surface area (Å²) in [6, 6.07) is 17.1. The summed E-state index contributed by atoms with van der Waals surface area (Å²) in [4.78, 5) is 16.0. The van der Waals surface area contributed by atoms with Crippen LogP contribution in [-0.4, -0.2) is 69.5 Å². The summed E-state index contributed by atoms with van der Waals surface area (Å²) in [5.74, 6) is 1.58. The zero-order chi connectivity index (χ0) is 32.0. The fourth-order valence-electron chi connectivity index (χ4n) is 5.69. The summed E-state index contributed by atoms with van der Waals surface area (Å²) in [6.07, 6.45) is 1.41. The van der Waals surface area contributed by atoms with E-state index in [0.29, 0.717) is 65.2 Å². The molecule has 1 aromatic heterocycles. The molecule has 2 aliphatic rings. The molecule has 1 atom stereocenters. The molecule has 3 aromatic carbocycles. The van der Waals surface area contributed by atoms with Gasteiger partial charge in [-0.2, -0.15) is 0 Å². The maximum atomic E-state index is 13.6. The van der Waals surface area contributed by atoms with Gasteiger partial charge in [-0.3, -0.25) is 9.69 Å². The smallest absolute Gasteiger partial charge is 0.254 e. The van der Waals surface area contributed by atoms with Gasteiger partial charge in [0.05, 0.1) is 35.3 Å². The Bertz CT molecular complexity index is 1730. The number of aromatic nitrogens is 1. The molecule has 0 bridgehead atoms. The van der Waals surface area contributed by atoms with E-state index in [-0.39, 0.29) is 19.5 Å². The van der Waals surface area contributed by atoms with Crippen LogP contribution in [-0.2, 0) is 33.8 Å². The number of benzene rings is 3. The van der Waals surface area contributed by atoms with Crippen LogP contribution in [0.2, 0.25) is 5.02 Å². The molecule has 1 fully saturated rings. The highest BCUT2D eigenvalue weighted by Gasteiger charge is 2.27. The van der Waals surface area contributed by atoms with E-state index in [4.69, 9.17) is 52.2 Å². The largest absolute Gasteiger partial charge is 0.482 e. The monoisotopic (exact) mass is 665 g/mol. The van der Waals surface area contributed by atoms with Gasteiger partial charge in [0.1, 0.15) is 23.4 Å². The van der Waals surface area contributed by atoms with Crippen LogP contribution in [0.4, 0.5) is 0 Å². The molecule has 1 N–H and O–H groups in total. The number of morpholine rings is 1. The third kappa shape index (κ3) is 7.46. The average Bonchev–Trinajstić information content (AvgIpc) is 3.07. The lowest BCUT2D eigenvalue weighted by molar-refractivity contribution is 0.0341. The lowest BCUT2D eigenvalue weighted by atomic mass is 10.0. The van der Waals surface area contributed by atoms with Crippen molar-refractivity contribution in [2.75, 3.05) is 54.1 Å². The second kappa shape index (κ2) is 14.8. The molecule has 10 nitrogen and oxygen atoms in total. The number of carbonyl (C=O) groups excluding carboxylic acids is 1. The minimum atomic E-state index is -0.420. The molecule has 1 amide bonds. The Morgan fingerprint density at radius 2 is 1.67 bits per heavy atom. The molecule has 12 heteroatoms. The number of nitrogens with one attached hydrogen (secondary N) is 1. The summed E-state index contributed by atoms with van der Waals surface area (Å²) in [7, 11) is 3.13. The molecule has 0 radical (unpaired) electrons. The normalized spacial score (nSPS) is 16.2. The highest BCUT2D eigenvalue weighted by atomic mass is 35.5. The summed E-state index contributed by atoms with van der Waals surface area (Å²) in [5, 5.41) is 4.47. The number of methoxy groups -OCH3 is 2. The van der Waals surface area contributed by atoms with Crippen LogP contribution in [0.5, 0.6) is 17.2 Å². The number of amides is 1. The molecule has 3 heterocycles. The Morgan fingerprint density at radius 3 is 2.35 bits per heavy atom.